The Kier molecular flexibility index (Phi) is 4.66. The third-order valence-electron chi connectivity index (χ3n) is 2.56. The molecule has 2 aromatic rings. The predicted octanol–water partition coefficient (Wildman–Crippen LogP) is 2.42. The molecule has 2 rings (SSSR count). The summed E-state index contributed by atoms with van der Waals surface area (Å²) in [7, 11) is 0. The molecule has 21 heavy (non-hydrogen) atoms. The van der Waals surface area contributed by atoms with Gasteiger partial charge in [0.1, 0.15) is 6.21 Å². The minimum absolute atomic E-state index is 0.0234. The fraction of sp³-hybridized carbons (Fsp3) is 0. The molecule has 0 saturated carbocycles. The largest absolute Gasteiger partial charge is 0.478 e. The molecule has 0 radical (unpaired) electrons. The van der Waals surface area contributed by atoms with Crippen LogP contribution in [0.3, 0.4) is 0 Å². The molecule has 0 heterocycles. The summed E-state index contributed by atoms with van der Waals surface area (Å²) in [5.74, 6) is -1.63. The van der Waals surface area contributed by atoms with Gasteiger partial charge in [-0.1, -0.05) is 30.3 Å². The van der Waals surface area contributed by atoms with Crippen LogP contribution in [0.4, 0.5) is 11.4 Å². The summed E-state index contributed by atoms with van der Waals surface area (Å²) in [4.78, 5) is 22.7. The average Bonchev–Trinajstić information content (AvgIpc) is 2.48. The van der Waals surface area contributed by atoms with Crippen LogP contribution in [0.2, 0.25) is 0 Å². The normalized spacial score (nSPS) is 10.3. The van der Waals surface area contributed by atoms with Crippen LogP contribution in [0.5, 0.6) is 0 Å². The lowest BCUT2D eigenvalue weighted by atomic mass is 10.2. The van der Waals surface area contributed by atoms with Gasteiger partial charge in [0, 0.05) is 0 Å². The Bertz CT molecular complexity index is 669. The lowest BCUT2D eigenvalue weighted by Crippen LogP contribution is -2.16. The summed E-state index contributed by atoms with van der Waals surface area (Å²) in [5.41, 5.74) is 3.68. The van der Waals surface area contributed by atoms with Crippen molar-refractivity contribution in [1.82, 2.24) is 0 Å². The van der Waals surface area contributed by atoms with E-state index in [1.165, 1.54) is 12.1 Å². The number of carbonyl (C=O) groups is 2. The highest BCUT2D eigenvalue weighted by Crippen LogP contribution is 2.14. The first kappa shape index (κ1) is 14.3. The van der Waals surface area contributed by atoms with Crippen molar-refractivity contribution in [3.8, 4) is 0 Å². The van der Waals surface area contributed by atoms with E-state index in [-0.39, 0.29) is 11.3 Å². The van der Waals surface area contributed by atoms with Crippen molar-refractivity contribution < 1.29 is 14.7 Å². The second kappa shape index (κ2) is 6.85. The smallest absolute Gasteiger partial charge is 0.337 e. The number of hydrogen-bond acceptors (Lipinski definition) is 4. The number of amides is 1. The number of nitrogens with one attached hydrogen (secondary N) is 2. The van der Waals surface area contributed by atoms with Gasteiger partial charge in [0.15, 0.2) is 0 Å². The van der Waals surface area contributed by atoms with Crippen molar-refractivity contribution in [2.75, 3.05) is 10.7 Å². The first-order valence-electron chi connectivity index (χ1n) is 6.14. The molecular weight excluding hydrogens is 270 g/mol. The highest BCUT2D eigenvalue weighted by atomic mass is 16.4. The van der Waals surface area contributed by atoms with E-state index < -0.39 is 11.9 Å². The molecule has 0 aromatic heterocycles. The summed E-state index contributed by atoms with van der Waals surface area (Å²) < 4.78 is 0. The van der Waals surface area contributed by atoms with Crippen molar-refractivity contribution in [1.29, 1.82) is 0 Å². The van der Waals surface area contributed by atoms with Crippen molar-refractivity contribution >= 4 is 29.5 Å². The van der Waals surface area contributed by atoms with Crippen LogP contribution in [0.15, 0.2) is 59.7 Å². The molecule has 0 spiro atoms. The third kappa shape index (κ3) is 4.17. The number of hydrazone groups is 1. The molecule has 3 N–H and O–H groups in total. The van der Waals surface area contributed by atoms with E-state index in [1.54, 1.807) is 24.3 Å². The Morgan fingerprint density at radius 3 is 2.38 bits per heavy atom. The molecule has 0 aliphatic heterocycles. The fourth-order valence-corrected chi connectivity index (χ4v) is 1.62. The zero-order chi connectivity index (χ0) is 15.1. The Morgan fingerprint density at radius 2 is 1.67 bits per heavy atom. The van der Waals surface area contributed by atoms with Gasteiger partial charge >= 0.3 is 5.97 Å². The van der Waals surface area contributed by atoms with Gasteiger partial charge < -0.3 is 10.4 Å². The van der Waals surface area contributed by atoms with E-state index in [1.807, 2.05) is 18.2 Å². The number of hydrogen-bond donors (Lipinski definition) is 3. The molecule has 6 heteroatoms. The number of carboxylic acid groups (broad SMARTS) is 1. The minimum Gasteiger partial charge on any atom is -0.478 e. The average molecular weight is 283 g/mol. The van der Waals surface area contributed by atoms with Crippen LogP contribution in [0, 0.1) is 0 Å². The number of nitrogens with zero attached hydrogens (tertiary/aromatic N) is 1. The van der Waals surface area contributed by atoms with Gasteiger partial charge in [-0.3, -0.25) is 10.2 Å². The van der Waals surface area contributed by atoms with Crippen molar-refractivity contribution in [3.05, 3.63) is 60.2 Å². The van der Waals surface area contributed by atoms with E-state index in [9.17, 15) is 9.59 Å². The molecule has 0 unspecified atom stereocenters. The summed E-state index contributed by atoms with van der Waals surface area (Å²) in [6, 6.07) is 15.3. The zero-order valence-corrected chi connectivity index (χ0v) is 11.0. The maximum absolute atomic E-state index is 11.7. The lowest BCUT2D eigenvalue weighted by molar-refractivity contribution is -0.109. The lowest BCUT2D eigenvalue weighted by Gasteiger charge is -2.05. The van der Waals surface area contributed by atoms with E-state index in [0.717, 1.165) is 11.9 Å². The topological polar surface area (TPSA) is 90.8 Å². The number of aromatic carboxylic acids is 1. The van der Waals surface area contributed by atoms with Crippen molar-refractivity contribution in [2.45, 2.75) is 0 Å². The number of benzene rings is 2. The summed E-state index contributed by atoms with van der Waals surface area (Å²) in [5, 5.41) is 15.3. The number of anilines is 2. The van der Waals surface area contributed by atoms with Gasteiger partial charge in [-0.15, -0.1) is 0 Å². The quantitative estimate of drug-likeness (QED) is 0.580. The Balaban J connectivity index is 1.98. The molecule has 0 bridgehead atoms. The van der Waals surface area contributed by atoms with Crippen LogP contribution in [-0.2, 0) is 4.79 Å². The second-order valence-electron chi connectivity index (χ2n) is 4.08. The molecule has 0 saturated heterocycles. The maximum Gasteiger partial charge on any atom is 0.337 e. The van der Waals surface area contributed by atoms with E-state index in [0.29, 0.717) is 0 Å². The monoisotopic (exact) mass is 283 g/mol. The van der Waals surface area contributed by atoms with Crippen LogP contribution in [0.1, 0.15) is 10.4 Å². The van der Waals surface area contributed by atoms with Crippen LogP contribution in [-0.4, -0.2) is 23.2 Å². The van der Waals surface area contributed by atoms with Gasteiger partial charge in [-0.25, -0.2) is 4.79 Å². The Hall–Kier alpha value is -3.15. The van der Waals surface area contributed by atoms with E-state index in [4.69, 9.17) is 5.11 Å². The van der Waals surface area contributed by atoms with Gasteiger partial charge in [0.05, 0.1) is 16.9 Å². The Labute approximate surface area is 121 Å². The Morgan fingerprint density at radius 1 is 1.00 bits per heavy atom. The van der Waals surface area contributed by atoms with Crippen LogP contribution < -0.4 is 10.7 Å². The van der Waals surface area contributed by atoms with Gasteiger partial charge in [-0.05, 0) is 24.3 Å². The van der Waals surface area contributed by atoms with E-state index >= 15 is 0 Å². The highest BCUT2D eigenvalue weighted by Gasteiger charge is 2.10. The fourth-order valence-electron chi connectivity index (χ4n) is 1.62. The van der Waals surface area contributed by atoms with Crippen LogP contribution >= 0.6 is 0 Å². The first-order valence-corrected chi connectivity index (χ1v) is 6.14. The predicted molar refractivity (Wildman–Crippen MR) is 80.6 cm³/mol. The summed E-state index contributed by atoms with van der Waals surface area (Å²) in [6.07, 6.45) is 1.05. The highest BCUT2D eigenvalue weighted by molar-refractivity contribution is 6.32. The standard InChI is InChI=1S/C15H13N3O3/c19-14(10-16-18-11-6-2-1-3-7-11)17-13-9-5-4-8-12(13)15(20)21/h1-10,18H,(H,17,19)(H,20,21). The number of rotatable bonds is 5. The zero-order valence-electron chi connectivity index (χ0n) is 11.0. The molecule has 0 aliphatic rings. The number of carboxylic acids is 1. The van der Waals surface area contributed by atoms with Gasteiger partial charge in [-0.2, -0.15) is 5.10 Å². The molecule has 0 fully saturated rings. The van der Waals surface area contributed by atoms with Crippen LogP contribution in [0.25, 0.3) is 0 Å². The molecule has 0 atom stereocenters. The minimum atomic E-state index is -1.11. The molecule has 106 valence electrons. The maximum atomic E-state index is 11.7. The second-order valence-corrected chi connectivity index (χ2v) is 4.08. The molecule has 6 nitrogen and oxygen atoms in total. The number of para-hydroxylation sites is 2. The molecule has 2 aromatic carbocycles. The molecule has 0 aliphatic carbocycles. The van der Waals surface area contributed by atoms with Gasteiger partial charge in [0.2, 0.25) is 0 Å². The van der Waals surface area contributed by atoms with Crippen molar-refractivity contribution in [3.63, 3.8) is 0 Å². The van der Waals surface area contributed by atoms with E-state index in [2.05, 4.69) is 15.8 Å². The third-order valence-corrected chi connectivity index (χ3v) is 2.56. The van der Waals surface area contributed by atoms with Gasteiger partial charge in [0.25, 0.3) is 5.91 Å². The SMILES string of the molecule is O=C(C=NNc1ccccc1)Nc1ccccc1C(=O)O. The molecular formula is C15H13N3O3. The number of carbonyl (C=O) groups excluding carboxylic acids is 1. The summed E-state index contributed by atoms with van der Waals surface area (Å²) >= 11 is 0. The molecule has 1 amide bonds. The first-order chi connectivity index (χ1) is 10.2. The van der Waals surface area contributed by atoms with Crippen molar-refractivity contribution in [2.24, 2.45) is 5.10 Å². The summed E-state index contributed by atoms with van der Waals surface area (Å²) in [6.45, 7) is 0.